The van der Waals surface area contributed by atoms with E-state index in [-0.39, 0.29) is 25.6 Å². The van der Waals surface area contributed by atoms with E-state index in [1.807, 2.05) is 0 Å². The van der Waals surface area contributed by atoms with Gasteiger partial charge in [-0.1, -0.05) is 155 Å². The highest BCUT2D eigenvalue weighted by Gasteiger charge is 2.46. The van der Waals surface area contributed by atoms with E-state index in [1.165, 1.54) is 116 Å². The van der Waals surface area contributed by atoms with Gasteiger partial charge in [0.1, 0.15) is 18.3 Å². The molecule has 9 heteroatoms. The molecular weight excluding hydrogens is 612 g/mol. The van der Waals surface area contributed by atoms with Gasteiger partial charge in [-0.25, -0.2) is 0 Å². The van der Waals surface area contributed by atoms with Gasteiger partial charge in [0.15, 0.2) is 12.2 Å². The van der Waals surface area contributed by atoms with Gasteiger partial charge in [-0.15, -0.1) is 0 Å². The first kappa shape index (κ1) is 44.8. The van der Waals surface area contributed by atoms with Crippen molar-refractivity contribution in [2.45, 2.75) is 211 Å². The Bertz CT molecular complexity index is 749. The van der Waals surface area contributed by atoms with Gasteiger partial charge >= 0.3 is 11.9 Å². The largest absolute Gasteiger partial charge is 0.457 e. The van der Waals surface area contributed by atoms with Gasteiger partial charge in [0.05, 0.1) is 26.4 Å². The van der Waals surface area contributed by atoms with Crippen molar-refractivity contribution in [2.75, 3.05) is 26.4 Å². The highest BCUT2D eigenvalue weighted by molar-refractivity contribution is 5.70. The van der Waals surface area contributed by atoms with Crippen molar-refractivity contribution >= 4 is 11.9 Å². The monoisotopic (exact) mass is 687 g/mol. The van der Waals surface area contributed by atoms with Crippen LogP contribution in [-0.4, -0.2) is 84.2 Å². The Kier molecular flexibility index (Phi) is 29.6. The van der Waals surface area contributed by atoms with Crippen LogP contribution in [0.5, 0.6) is 0 Å². The van der Waals surface area contributed by atoms with E-state index >= 15 is 0 Å². The molecular formula is C39H74O9. The number of aliphatic hydroxyl groups is 3. The molecule has 0 amide bonds. The molecule has 0 aromatic rings. The summed E-state index contributed by atoms with van der Waals surface area (Å²) in [5.74, 6) is -0.762. The molecule has 0 saturated carbocycles. The lowest BCUT2D eigenvalue weighted by Gasteiger charge is -2.28. The molecule has 1 heterocycles. The van der Waals surface area contributed by atoms with E-state index in [2.05, 4.69) is 13.8 Å². The summed E-state index contributed by atoms with van der Waals surface area (Å²) in [5.41, 5.74) is 0. The minimum atomic E-state index is -1.12. The van der Waals surface area contributed by atoms with Crippen LogP contribution in [-0.2, 0) is 28.5 Å². The Labute approximate surface area is 293 Å². The zero-order valence-electron chi connectivity index (χ0n) is 30.9. The van der Waals surface area contributed by atoms with Crippen LogP contribution in [0, 0.1) is 0 Å². The first-order chi connectivity index (χ1) is 23.5. The van der Waals surface area contributed by atoms with Gasteiger partial charge in [-0.05, 0) is 12.8 Å². The molecule has 48 heavy (non-hydrogen) atoms. The molecule has 5 atom stereocenters. The lowest BCUT2D eigenvalue weighted by Crippen LogP contribution is -2.46. The van der Waals surface area contributed by atoms with Crippen molar-refractivity contribution in [3.8, 4) is 0 Å². The second-order valence-corrected chi connectivity index (χ2v) is 13.9. The van der Waals surface area contributed by atoms with Crippen molar-refractivity contribution in [1.82, 2.24) is 0 Å². The summed E-state index contributed by atoms with van der Waals surface area (Å²) in [6.45, 7) is 3.33. The van der Waals surface area contributed by atoms with Crippen LogP contribution in [0.3, 0.4) is 0 Å². The molecule has 3 N–H and O–H groups in total. The summed E-state index contributed by atoms with van der Waals surface area (Å²) in [6, 6.07) is 0. The number of ether oxygens (including phenoxy) is 4. The molecule has 1 fully saturated rings. The molecule has 0 aromatic heterocycles. The van der Waals surface area contributed by atoms with E-state index in [0.29, 0.717) is 6.42 Å². The van der Waals surface area contributed by atoms with Crippen molar-refractivity contribution in [1.29, 1.82) is 0 Å². The number of aliphatic hydroxyl groups excluding tert-OH is 3. The quantitative estimate of drug-likeness (QED) is 0.0454. The smallest absolute Gasteiger partial charge is 0.306 e. The van der Waals surface area contributed by atoms with E-state index in [1.54, 1.807) is 0 Å². The zero-order valence-corrected chi connectivity index (χ0v) is 30.9. The molecule has 9 nitrogen and oxygen atoms in total. The maximum Gasteiger partial charge on any atom is 0.306 e. The van der Waals surface area contributed by atoms with Crippen molar-refractivity contribution in [3.63, 3.8) is 0 Å². The number of carbonyl (C=O) groups excluding carboxylic acids is 2. The topological polar surface area (TPSA) is 132 Å². The van der Waals surface area contributed by atoms with Crippen molar-refractivity contribution in [2.24, 2.45) is 0 Å². The molecule has 0 aromatic carbocycles. The molecule has 1 saturated heterocycles. The number of unbranched alkanes of at least 4 members (excludes halogenated alkanes) is 22. The van der Waals surface area contributed by atoms with Crippen molar-refractivity contribution < 1.29 is 43.9 Å². The third-order valence-electron chi connectivity index (χ3n) is 9.42. The van der Waals surface area contributed by atoms with E-state index in [9.17, 15) is 24.9 Å². The maximum absolute atomic E-state index is 12.7. The van der Waals surface area contributed by atoms with Crippen LogP contribution in [0.2, 0.25) is 0 Å². The molecule has 1 unspecified atom stereocenters. The van der Waals surface area contributed by atoms with Gasteiger partial charge in [0.25, 0.3) is 0 Å². The first-order valence-corrected chi connectivity index (χ1v) is 20.0. The predicted octanol–water partition coefficient (Wildman–Crippen LogP) is 8.12. The van der Waals surface area contributed by atoms with E-state index in [4.69, 9.17) is 18.9 Å². The number of esters is 2. The van der Waals surface area contributed by atoms with Crippen LogP contribution in [0.1, 0.15) is 181 Å². The average Bonchev–Trinajstić information content (AvgIpc) is 3.48. The summed E-state index contributed by atoms with van der Waals surface area (Å²) >= 11 is 0. The second-order valence-electron chi connectivity index (χ2n) is 13.9. The summed E-state index contributed by atoms with van der Waals surface area (Å²) in [6.07, 6.45) is 25.0. The molecule has 284 valence electrons. The Balaban J connectivity index is 2.33. The summed E-state index contributed by atoms with van der Waals surface area (Å²) in [7, 11) is 0. The van der Waals surface area contributed by atoms with Crippen LogP contribution in [0.15, 0.2) is 0 Å². The molecule has 0 bridgehead atoms. The fourth-order valence-electron chi connectivity index (χ4n) is 6.39. The minimum Gasteiger partial charge on any atom is -0.457 e. The van der Waals surface area contributed by atoms with Gasteiger partial charge in [-0.2, -0.15) is 0 Å². The summed E-state index contributed by atoms with van der Waals surface area (Å²) < 4.78 is 23.0. The predicted molar refractivity (Wildman–Crippen MR) is 191 cm³/mol. The minimum absolute atomic E-state index is 0.0292. The number of carbonyl (C=O) groups is 2. The Hall–Kier alpha value is -1.26. The van der Waals surface area contributed by atoms with Gasteiger partial charge in [0, 0.05) is 12.8 Å². The van der Waals surface area contributed by atoms with Gasteiger partial charge in [-0.3, -0.25) is 9.59 Å². The van der Waals surface area contributed by atoms with Crippen LogP contribution in [0.4, 0.5) is 0 Å². The fourth-order valence-corrected chi connectivity index (χ4v) is 6.39. The molecule has 0 spiro atoms. The Morgan fingerprint density at radius 3 is 1.46 bits per heavy atom. The highest BCUT2D eigenvalue weighted by Crippen LogP contribution is 2.26. The second kappa shape index (κ2) is 31.7. The maximum atomic E-state index is 12.7. The molecule has 0 radical (unpaired) electrons. The van der Waals surface area contributed by atoms with E-state index < -0.39 is 49.7 Å². The summed E-state index contributed by atoms with van der Waals surface area (Å²) in [5, 5.41) is 29.2. The SMILES string of the molecule is CCCCCCCCCCCCCCCCCC(=O)O[C@H]1CO[C@H]([C@@H](CO)OC(=O)CCCCCCCCCCC)[C@@H]1OCC(O)CO. The summed E-state index contributed by atoms with van der Waals surface area (Å²) in [4.78, 5) is 25.3. The number of hydrogen-bond acceptors (Lipinski definition) is 9. The fraction of sp³-hybridized carbons (Fsp3) is 0.949. The average molecular weight is 687 g/mol. The Morgan fingerprint density at radius 1 is 0.625 bits per heavy atom. The molecule has 1 rings (SSSR count). The third-order valence-corrected chi connectivity index (χ3v) is 9.42. The molecule has 1 aliphatic heterocycles. The Morgan fingerprint density at radius 2 is 1.04 bits per heavy atom. The van der Waals surface area contributed by atoms with Crippen LogP contribution >= 0.6 is 0 Å². The van der Waals surface area contributed by atoms with Crippen LogP contribution in [0.25, 0.3) is 0 Å². The molecule has 1 aliphatic rings. The lowest BCUT2D eigenvalue weighted by atomic mass is 10.0. The first-order valence-electron chi connectivity index (χ1n) is 20.0. The number of hydrogen-bond donors (Lipinski definition) is 3. The van der Waals surface area contributed by atoms with Gasteiger partial charge < -0.3 is 34.3 Å². The number of rotatable bonds is 34. The normalized spacial score (nSPS) is 19.0. The molecule has 0 aliphatic carbocycles. The lowest BCUT2D eigenvalue weighted by molar-refractivity contribution is -0.170. The zero-order chi connectivity index (χ0) is 35.1. The standard InChI is InChI=1S/C39H74O9/c1-3-5-7-9-11-13-14-15-16-17-18-20-22-24-26-28-37(44)48-35-32-46-38(39(35)45-31-33(42)29-40)34(30-41)47-36(43)27-25-23-21-19-12-10-8-6-4-2/h33-35,38-42H,3-32H2,1-2H3/t33?,34-,35+,38-,39-/m1/s1. The third kappa shape index (κ3) is 23.2. The van der Waals surface area contributed by atoms with Gasteiger partial charge in [0.2, 0.25) is 0 Å². The highest BCUT2D eigenvalue weighted by atomic mass is 16.6. The van der Waals surface area contributed by atoms with Crippen LogP contribution < -0.4 is 0 Å². The van der Waals surface area contributed by atoms with E-state index in [0.717, 1.165) is 38.5 Å². The van der Waals surface area contributed by atoms with Crippen molar-refractivity contribution in [3.05, 3.63) is 0 Å².